The molecule has 2 saturated carbocycles. The molecule has 0 atom stereocenters. The van der Waals surface area contributed by atoms with Crippen LogP contribution in [0.25, 0.3) is 0 Å². The molecule has 0 unspecified atom stereocenters. The lowest BCUT2D eigenvalue weighted by Crippen LogP contribution is -2.33. The number of carbonyl (C=O) groups excluding carboxylic acids is 1. The van der Waals surface area contributed by atoms with E-state index in [2.05, 4.69) is 4.99 Å². The van der Waals surface area contributed by atoms with Gasteiger partial charge < -0.3 is 9.47 Å². The van der Waals surface area contributed by atoms with Gasteiger partial charge in [0, 0.05) is 5.56 Å². The average Bonchev–Trinajstić information content (AvgIpc) is 2.96. The Morgan fingerprint density at radius 2 is 2.00 bits per heavy atom. The summed E-state index contributed by atoms with van der Waals surface area (Å²) in [6, 6.07) is 5.85. The molecular formula is C17H21NO3. The van der Waals surface area contributed by atoms with E-state index >= 15 is 0 Å². The minimum Gasteiger partial charge on any atom is -0.493 e. The number of isocyanates is 1. The summed E-state index contributed by atoms with van der Waals surface area (Å²) < 4.78 is 11.7. The van der Waals surface area contributed by atoms with E-state index in [-0.39, 0.29) is 6.10 Å². The Morgan fingerprint density at radius 1 is 1.24 bits per heavy atom. The van der Waals surface area contributed by atoms with E-state index in [1.54, 1.807) is 13.2 Å². The maximum Gasteiger partial charge on any atom is 0.235 e. The number of para-hydroxylation sites is 1. The van der Waals surface area contributed by atoms with Gasteiger partial charge in [0.25, 0.3) is 0 Å². The van der Waals surface area contributed by atoms with Gasteiger partial charge in [0.2, 0.25) is 6.08 Å². The molecule has 3 rings (SSSR count). The molecule has 2 aliphatic rings. The van der Waals surface area contributed by atoms with Crippen LogP contribution >= 0.6 is 0 Å². The number of nitrogens with zero attached hydrogens (tertiary/aromatic N) is 1. The van der Waals surface area contributed by atoms with Crippen LogP contribution in [0.3, 0.4) is 0 Å². The fourth-order valence-electron chi connectivity index (χ4n) is 3.38. The molecule has 0 heterocycles. The van der Waals surface area contributed by atoms with Crippen LogP contribution in [0, 0.1) is 0 Å². The Balaban J connectivity index is 2.00. The van der Waals surface area contributed by atoms with Crippen LogP contribution in [-0.2, 0) is 10.3 Å². The van der Waals surface area contributed by atoms with Crippen molar-refractivity contribution < 1.29 is 14.3 Å². The van der Waals surface area contributed by atoms with E-state index in [1.165, 1.54) is 12.8 Å². The van der Waals surface area contributed by atoms with Gasteiger partial charge in [0.15, 0.2) is 11.5 Å². The Labute approximate surface area is 125 Å². The van der Waals surface area contributed by atoms with Crippen LogP contribution in [0.15, 0.2) is 23.2 Å². The molecule has 4 nitrogen and oxygen atoms in total. The van der Waals surface area contributed by atoms with Gasteiger partial charge in [-0.3, -0.25) is 0 Å². The third-order valence-electron chi connectivity index (χ3n) is 4.73. The molecule has 0 aromatic heterocycles. The summed E-state index contributed by atoms with van der Waals surface area (Å²) in [7, 11) is 1.65. The number of rotatable bonds is 5. The maximum absolute atomic E-state index is 10.8. The molecule has 0 saturated heterocycles. The van der Waals surface area contributed by atoms with Crippen molar-refractivity contribution >= 4 is 6.08 Å². The average molecular weight is 287 g/mol. The van der Waals surface area contributed by atoms with Crippen molar-refractivity contribution in [2.45, 2.75) is 56.6 Å². The molecule has 0 aliphatic heterocycles. The van der Waals surface area contributed by atoms with Gasteiger partial charge in [-0.25, -0.2) is 4.79 Å². The molecule has 2 fully saturated rings. The molecule has 1 aromatic carbocycles. The monoisotopic (exact) mass is 287 g/mol. The quantitative estimate of drug-likeness (QED) is 0.612. The third kappa shape index (κ3) is 2.56. The second-order valence-corrected chi connectivity index (χ2v) is 5.95. The largest absolute Gasteiger partial charge is 0.493 e. The van der Waals surface area contributed by atoms with Crippen molar-refractivity contribution in [3.8, 4) is 11.5 Å². The van der Waals surface area contributed by atoms with Crippen LogP contribution in [0.2, 0.25) is 0 Å². The smallest absolute Gasteiger partial charge is 0.235 e. The van der Waals surface area contributed by atoms with E-state index in [1.807, 2.05) is 18.2 Å². The van der Waals surface area contributed by atoms with Crippen molar-refractivity contribution in [1.29, 1.82) is 0 Å². The molecular weight excluding hydrogens is 266 g/mol. The fraction of sp³-hybridized carbons (Fsp3) is 0.588. The van der Waals surface area contributed by atoms with Crippen molar-refractivity contribution in [2.24, 2.45) is 4.99 Å². The highest BCUT2D eigenvalue weighted by molar-refractivity contribution is 5.52. The van der Waals surface area contributed by atoms with Crippen molar-refractivity contribution in [2.75, 3.05) is 7.11 Å². The lowest BCUT2D eigenvalue weighted by atomic mass is 9.72. The zero-order chi connectivity index (χ0) is 14.7. The molecule has 1 aromatic rings. The van der Waals surface area contributed by atoms with E-state index < -0.39 is 5.54 Å². The molecule has 2 aliphatic carbocycles. The zero-order valence-electron chi connectivity index (χ0n) is 12.4. The predicted octanol–water partition coefficient (Wildman–Crippen LogP) is 3.73. The molecule has 0 radical (unpaired) electrons. The summed E-state index contributed by atoms with van der Waals surface area (Å²) in [6.07, 6.45) is 9.41. The van der Waals surface area contributed by atoms with E-state index in [0.717, 1.165) is 49.2 Å². The summed E-state index contributed by atoms with van der Waals surface area (Å²) in [5, 5.41) is 0. The maximum atomic E-state index is 10.8. The second-order valence-electron chi connectivity index (χ2n) is 5.95. The lowest BCUT2D eigenvalue weighted by molar-refractivity contribution is 0.182. The van der Waals surface area contributed by atoms with Crippen molar-refractivity contribution in [1.82, 2.24) is 0 Å². The molecule has 0 N–H and O–H groups in total. The number of benzene rings is 1. The van der Waals surface area contributed by atoms with Gasteiger partial charge in [-0.2, -0.15) is 4.99 Å². The second kappa shape index (κ2) is 5.90. The Morgan fingerprint density at radius 3 is 2.57 bits per heavy atom. The van der Waals surface area contributed by atoms with Gasteiger partial charge in [-0.15, -0.1) is 0 Å². The summed E-state index contributed by atoms with van der Waals surface area (Å²) in [4.78, 5) is 14.9. The highest BCUT2D eigenvalue weighted by atomic mass is 16.5. The van der Waals surface area contributed by atoms with Gasteiger partial charge in [-0.05, 0) is 51.0 Å². The number of hydrogen-bond acceptors (Lipinski definition) is 4. The van der Waals surface area contributed by atoms with E-state index in [0.29, 0.717) is 0 Å². The first-order chi connectivity index (χ1) is 10.3. The van der Waals surface area contributed by atoms with Crippen LogP contribution in [-0.4, -0.2) is 19.3 Å². The molecule has 112 valence electrons. The van der Waals surface area contributed by atoms with Crippen molar-refractivity contribution in [3.05, 3.63) is 23.8 Å². The summed E-state index contributed by atoms with van der Waals surface area (Å²) >= 11 is 0. The summed E-state index contributed by atoms with van der Waals surface area (Å²) in [6.45, 7) is 0. The first-order valence-corrected chi connectivity index (χ1v) is 7.72. The first kappa shape index (κ1) is 14.2. The van der Waals surface area contributed by atoms with Gasteiger partial charge in [-0.1, -0.05) is 12.1 Å². The van der Waals surface area contributed by atoms with Crippen LogP contribution in [0.4, 0.5) is 0 Å². The molecule has 4 heteroatoms. The zero-order valence-corrected chi connectivity index (χ0v) is 12.4. The number of methoxy groups -OCH3 is 1. The number of ether oxygens (including phenoxy) is 2. The van der Waals surface area contributed by atoms with Crippen molar-refractivity contribution in [3.63, 3.8) is 0 Å². The summed E-state index contributed by atoms with van der Waals surface area (Å²) in [5.74, 6) is 1.50. The van der Waals surface area contributed by atoms with Gasteiger partial charge in [0.1, 0.15) is 5.54 Å². The standard InChI is InChI=1S/C17H21NO3/c1-20-15-9-4-8-14(17(18-12-19)10-5-11-17)16(15)21-13-6-2-3-7-13/h4,8-9,13H,2-3,5-7,10-11H2,1H3. The number of aliphatic imine (C=N–C) groups is 1. The minimum absolute atomic E-state index is 0.248. The SMILES string of the molecule is COc1cccc(C2(N=C=O)CCC2)c1OC1CCCC1. The highest BCUT2D eigenvalue weighted by Crippen LogP contribution is 2.50. The topological polar surface area (TPSA) is 47.9 Å². The van der Waals surface area contributed by atoms with Crippen LogP contribution < -0.4 is 9.47 Å². The lowest BCUT2D eigenvalue weighted by Gasteiger charge is -2.38. The van der Waals surface area contributed by atoms with Gasteiger partial charge >= 0.3 is 0 Å². The molecule has 0 spiro atoms. The van der Waals surface area contributed by atoms with Crippen LogP contribution in [0.5, 0.6) is 11.5 Å². The Bertz CT molecular complexity index is 553. The fourth-order valence-corrected chi connectivity index (χ4v) is 3.38. The minimum atomic E-state index is -0.454. The predicted molar refractivity (Wildman–Crippen MR) is 79.5 cm³/mol. The molecule has 0 bridgehead atoms. The highest BCUT2D eigenvalue weighted by Gasteiger charge is 2.42. The Hall–Kier alpha value is -1.80. The van der Waals surface area contributed by atoms with E-state index in [9.17, 15) is 4.79 Å². The molecule has 21 heavy (non-hydrogen) atoms. The van der Waals surface area contributed by atoms with Gasteiger partial charge in [0.05, 0.1) is 13.2 Å². The molecule has 0 amide bonds. The Kier molecular flexibility index (Phi) is 3.98. The third-order valence-corrected chi connectivity index (χ3v) is 4.73. The summed E-state index contributed by atoms with van der Waals surface area (Å²) in [5.41, 5.74) is 0.521. The normalized spacial score (nSPS) is 20.4. The van der Waals surface area contributed by atoms with Crippen LogP contribution in [0.1, 0.15) is 50.5 Å². The number of hydrogen-bond donors (Lipinski definition) is 0. The first-order valence-electron chi connectivity index (χ1n) is 7.72. The van der Waals surface area contributed by atoms with E-state index in [4.69, 9.17) is 9.47 Å².